The smallest absolute Gasteiger partial charge is 0.343 e. The van der Waals surface area contributed by atoms with Gasteiger partial charge in [-0.25, -0.2) is 9.59 Å². The Morgan fingerprint density at radius 3 is 2.24 bits per heavy atom. The number of carbonyl (C=O) groups is 2. The lowest BCUT2D eigenvalue weighted by molar-refractivity contribution is 0.0504. The largest absolute Gasteiger partial charge is 0.462 e. The molecule has 0 aliphatic rings. The Bertz CT molecular complexity index is 1390. The summed E-state index contributed by atoms with van der Waals surface area (Å²) in [4.78, 5) is 37.3. The van der Waals surface area contributed by atoms with Crippen molar-refractivity contribution in [2.75, 3.05) is 6.61 Å². The predicted octanol–water partition coefficient (Wildman–Crippen LogP) is 5.68. The molecule has 0 saturated carbocycles. The minimum atomic E-state index is -0.513. The highest BCUT2D eigenvalue weighted by atomic mass is 16.5. The van der Waals surface area contributed by atoms with E-state index in [4.69, 9.17) is 18.6 Å². The normalized spacial score (nSPS) is 10.6. The lowest BCUT2D eigenvalue weighted by atomic mass is 10.2. The molecule has 0 N–H and O–H groups in total. The molecular formula is C27H22O7. The standard InChI is InChI=1S/C27H22O7/c1-3-15-31-26(29)19-9-11-20(12-10-19)33-25-17(2)32-23-16-21(13-14-22(23)24(25)28)34-27(30)18-7-5-4-6-8-18/h4-14,16H,3,15H2,1-2H3. The van der Waals surface area contributed by atoms with Crippen LogP contribution in [-0.2, 0) is 4.74 Å². The molecule has 0 unspecified atom stereocenters. The molecular weight excluding hydrogens is 436 g/mol. The molecule has 0 radical (unpaired) electrons. The van der Waals surface area contributed by atoms with Crippen LogP contribution in [0.1, 0.15) is 39.8 Å². The van der Waals surface area contributed by atoms with E-state index in [9.17, 15) is 14.4 Å². The summed E-state index contributed by atoms with van der Waals surface area (Å²) >= 11 is 0. The van der Waals surface area contributed by atoms with Crippen LogP contribution in [0.25, 0.3) is 11.0 Å². The van der Waals surface area contributed by atoms with Crippen molar-refractivity contribution >= 4 is 22.9 Å². The van der Waals surface area contributed by atoms with Crippen LogP contribution in [0.3, 0.4) is 0 Å². The number of benzene rings is 3. The van der Waals surface area contributed by atoms with Gasteiger partial charge in [-0.1, -0.05) is 25.1 Å². The van der Waals surface area contributed by atoms with Gasteiger partial charge in [0.25, 0.3) is 0 Å². The van der Waals surface area contributed by atoms with Crippen LogP contribution in [-0.4, -0.2) is 18.5 Å². The lowest BCUT2D eigenvalue weighted by Crippen LogP contribution is -2.10. The van der Waals surface area contributed by atoms with E-state index < -0.39 is 11.9 Å². The molecule has 0 atom stereocenters. The van der Waals surface area contributed by atoms with Gasteiger partial charge in [-0.15, -0.1) is 0 Å². The van der Waals surface area contributed by atoms with Crippen molar-refractivity contribution < 1.29 is 28.2 Å². The number of ether oxygens (including phenoxy) is 3. The summed E-state index contributed by atoms with van der Waals surface area (Å²) < 4.78 is 22.1. The molecule has 1 aromatic heterocycles. The van der Waals surface area contributed by atoms with Crippen LogP contribution in [0.5, 0.6) is 17.2 Å². The summed E-state index contributed by atoms with van der Waals surface area (Å²) in [5.74, 6) is -0.0174. The molecule has 34 heavy (non-hydrogen) atoms. The highest BCUT2D eigenvalue weighted by Gasteiger charge is 2.16. The molecule has 0 amide bonds. The SMILES string of the molecule is CCCOC(=O)c1ccc(Oc2c(C)oc3cc(OC(=O)c4ccccc4)ccc3c2=O)cc1. The first-order valence-corrected chi connectivity index (χ1v) is 10.8. The topological polar surface area (TPSA) is 92.0 Å². The van der Waals surface area contributed by atoms with Gasteiger partial charge in [0.2, 0.25) is 11.2 Å². The number of hydrogen-bond donors (Lipinski definition) is 0. The zero-order chi connectivity index (χ0) is 24.1. The van der Waals surface area contributed by atoms with Crippen molar-refractivity contribution in [1.82, 2.24) is 0 Å². The van der Waals surface area contributed by atoms with Crippen LogP contribution in [0, 0.1) is 6.92 Å². The fourth-order valence-corrected chi connectivity index (χ4v) is 3.25. The highest BCUT2D eigenvalue weighted by Crippen LogP contribution is 2.28. The van der Waals surface area contributed by atoms with Crippen molar-refractivity contribution in [2.45, 2.75) is 20.3 Å². The van der Waals surface area contributed by atoms with E-state index in [2.05, 4.69) is 0 Å². The molecule has 0 aliphatic carbocycles. The number of esters is 2. The first kappa shape index (κ1) is 22.8. The van der Waals surface area contributed by atoms with Gasteiger partial charge < -0.3 is 18.6 Å². The fourth-order valence-electron chi connectivity index (χ4n) is 3.25. The van der Waals surface area contributed by atoms with Gasteiger partial charge in [0.15, 0.2) is 0 Å². The van der Waals surface area contributed by atoms with Crippen LogP contribution in [0.4, 0.5) is 0 Å². The average molecular weight is 458 g/mol. The van der Waals surface area contributed by atoms with E-state index in [-0.39, 0.29) is 33.7 Å². The third-order valence-corrected chi connectivity index (χ3v) is 4.95. The van der Waals surface area contributed by atoms with E-state index >= 15 is 0 Å². The van der Waals surface area contributed by atoms with Gasteiger partial charge in [0.05, 0.1) is 23.1 Å². The van der Waals surface area contributed by atoms with Crippen molar-refractivity contribution in [1.29, 1.82) is 0 Å². The van der Waals surface area contributed by atoms with E-state index in [1.54, 1.807) is 61.5 Å². The molecule has 7 heteroatoms. The van der Waals surface area contributed by atoms with Crippen molar-refractivity contribution in [3.63, 3.8) is 0 Å². The second kappa shape index (κ2) is 10.0. The van der Waals surface area contributed by atoms with E-state index in [1.165, 1.54) is 18.2 Å². The lowest BCUT2D eigenvalue weighted by Gasteiger charge is -2.10. The van der Waals surface area contributed by atoms with E-state index in [0.29, 0.717) is 23.5 Å². The molecule has 1 heterocycles. The van der Waals surface area contributed by atoms with Gasteiger partial charge in [-0.05, 0) is 61.9 Å². The maximum atomic E-state index is 13.0. The number of aryl methyl sites for hydroxylation is 1. The summed E-state index contributed by atoms with van der Waals surface area (Å²) in [7, 11) is 0. The van der Waals surface area contributed by atoms with Gasteiger partial charge in [-0.3, -0.25) is 4.79 Å². The van der Waals surface area contributed by atoms with Crippen molar-refractivity contribution in [2.24, 2.45) is 0 Å². The van der Waals surface area contributed by atoms with Crippen LogP contribution in [0.15, 0.2) is 82.0 Å². The zero-order valence-corrected chi connectivity index (χ0v) is 18.7. The Hall–Kier alpha value is -4.39. The van der Waals surface area contributed by atoms with Crippen LogP contribution in [0.2, 0.25) is 0 Å². The Balaban J connectivity index is 1.55. The molecule has 0 fully saturated rings. The molecule has 0 spiro atoms. The third kappa shape index (κ3) is 4.99. The summed E-state index contributed by atoms with van der Waals surface area (Å²) in [6.07, 6.45) is 0.737. The number of fused-ring (bicyclic) bond motifs is 1. The number of rotatable bonds is 7. The van der Waals surface area contributed by atoms with E-state index in [0.717, 1.165) is 6.42 Å². The van der Waals surface area contributed by atoms with Gasteiger partial charge >= 0.3 is 11.9 Å². The summed E-state index contributed by atoms with van der Waals surface area (Å²) in [5.41, 5.74) is 0.697. The maximum absolute atomic E-state index is 13.0. The van der Waals surface area contributed by atoms with Crippen LogP contribution >= 0.6 is 0 Å². The molecule has 0 bridgehead atoms. The monoisotopic (exact) mass is 458 g/mol. The Kier molecular flexibility index (Phi) is 6.73. The fraction of sp³-hybridized carbons (Fsp3) is 0.148. The quantitative estimate of drug-likeness (QED) is 0.260. The number of hydrogen-bond acceptors (Lipinski definition) is 7. The Morgan fingerprint density at radius 2 is 1.53 bits per heavy atom. The third-order valence-electron chi connectivity index (χ3n) is 4.95. The Labute approximate surface area is 195 Å². The molecule has 0 aliphatic heterocycles. The highest BCUT2D eigenvalue weighted by molar-refractivity contribution is 5.91. The van der Waals surface area contributed by atoms with Crippen molar-refractivity contribution in [3.8, 4) is 17.2 Å². The zero-order valence-electron chi connectivity index (χ0n) is 18.7. The second-order valence-electron chi connectivity index (χ2n) is 7.49. The van der Waals surface area contributed by atoms with Crippen LogP contribution < -0.4 is 14.9 Å². The second-order valence-corrected chi connectivity index (χ2v) is 7.49. The molecule has 172 valence electrons. The molecule has 3 aromatic carbocycles. The Morgan fingerprint density at radius 1 is 0.853 bits per heavy atom. The van der Waals surface area contributed by atoms with E-state index in [1.807, 2.05) is 6.92 Å². The first-order chi connectivity index (χ1) is 16.5. The summed E-state index contributed by atoms with van der Waals surface area (Å²) in [5, 5.41) is 0.278. The maximum Gasteiger partial charge on any atom is 0.343 e. The van der Waals surface area contributed by atoms with Gasteiger partial charge in [0, 0.05) is 6.07 Å². The average Bonchev–Trinajstić information content (AvgIpc) is 2.86. The first-order valence-electron chi connectivity index (χ1n) is 10.8. The molecule has 7 nitrogen and oxygen atoms in total. The van der Waals surface area contributed by atoms with Gasteiger partial charge in [-0.2, -0.15) is 0 Å². The molecule has 0 saturated heterocycles. The molecule has 4 aromatic rings. The summed E-state index contributed by atoms with van der Waals surface area (Å²) in [6, 6.07) is 19.4. The van der Waals surface area contributed by atoms with Gasteiger partial charge in [0.1, 0.15) is 22.8 Å². The molecule has 4 rings (SSSR count). The minimum absolute atomic E-state index is 0.0304. The van der Waals surface area contributed by atoms with Crippen molar-refractivity contribution in [3.05, 3.63) is 99.9 Å². The number of carbonyl (C=O) groups excluding carboxylic acids is 2. The summed E-state index contributed by atoms with van der Waals surface area (Å²) in [6.45, 7) is 3.87. The minimum Gasteiger partial charge on any atom is -0.462 e. The predicted molar refractivity (Wildman–Crippen MR) is 126 cm³/mol.